The molecule has 19 heavy (non-hydrogen) atoms. The zero-order valence-corrected chi connectivity index (χ0v) is 12.1. The van der Waals surface area contributed by atoms with Crippen molar-refractivity contribution in [3.05, 3.63) is 0 Å². The van der Waals surface area contributed by atoms with Gasteiger partial charge in [0.05, 0.1) is 6.42 Å². The third-order valence-electron chi connectivity index (χ3n) is 2.92. The molecule has 2 atom stereocenters. The summed E-state index contributed by atoms with van der Waals surface area (Å²) in [6, 6.07) is -0.896. The summed E-state index contributed by atoms with van der Waals surface area (Å²) in [5.74, 6) is 1.57. The lowest BCUT2D eigenvalue weighted by molar-refractivity contribution is -0.138. The number of carbonyl (C=O) groups excluding carboxylic acids is 1. The van der Waals surface area contributed by atoms with Gasteiger partial charge in [0.1, 0.15) is 0 Å². The second-order valence-electron chi connectivity index (χ2n) is 5.65. The van der Waals surface area contributed by atoms with Crippen molar-refractivity contribution in [1.29, 1.82) is 0 Å². The van der Waals surface area contributed by atoms with E-state index in [4.69, 9.17) is 11.5 Å². The molecule has 0 spiro atoms. The highest BCUT2D eigenvalue weighted by atomic mass is 16.4. The lowest BCUT2D eigenvalue weighted by Crippen LogP contribution is -2.51. The van der Waals surface area contributed by atoms with Gasteiger partial charge in [-0.1, -0.05) is 27.7 Å². The molecule has 0 rings (SSSR count). The molecule has 0 heterocycles. The zero-order chi connectivity index (χ0) is 15.1. The molecule has 5 heteroatoms. The van der Waals surface area contributed by atoms with Crippen molar-refractivity contribution in [3.63, 3.8) is 0 Å². The van der Waals surface area contributed by atoms with E-state index in [9.17, 15) is 9.59 Å². The number of carboxylic acids is 1. The van der Waals surface area contributed by atoms with Crippen LogP contribution in [0.5, 0.6) is 0 Å². The normalized spacial score (nSPS) is 14.1. The monoisotopic (exact) mass is 268 g/mol. The highest BCUT2D eigenvalue weighted by Gasteiger charge is 2.28. The van der Waals surface area contributed by atoms with Gasteiger partial charge in [-0.15, -0.1) is 12.3 Å². The van der Waals surface area contributed by atoms with E-state index in [1.807, 2.05) is 27.7 Å². The van der Waals surface area contributed by atoms with Crippen LogP contribution in [0, 0.1) is 17.8 Å². The van der Waals surface area contributed by atoms with Crippen molar-refractivity contribution < 1.29 is 14.7 Å². The average Bonchev–Trinajstić information content (AvgIpc) is 2.25. The van der Waals surface area contributed by atoms with E-state index in [1.165, 1.54) is 0 Å². The number of urea groups is 1. The van der Waals surface area contributed by atoms with Gasteiger partial charge in [-0.3, -0.25) is 4.79 Å². The van der Waals surface area contributed by atoms with Crippen LogP contribution in [0.25, 0.3) is 0 Å². The molecule has 0 aromatic rings. The predicted molar refractivity (Wildman–Crippen MR) is 74.7 cm³/mol. The Hall–Kier alpha value is -1.70. The maximum atomic E-state index is 11.8. The highest BCUT2D eigenvalue weighted by Crippen LogP contribution is 2.21. The number of nitrogens with one attached hydrogen (secondary N) is 2. The van der Waals surface area contributed by atoms with Crippen molar-refractivity contribution in [2.24, 2.45) is 5.41 Å². The van der Waals surface area contributed by atoms with Gasteiger partial charge >= 0.3 is 12.0 Å². The summed E-state index contributed by atoms with van der Waals surface area (Å²) in [6.45, 7) is 7.60. The van der Waals surface area contributed by atoms with Crippen molar-refractivity contribution in [2.75, 3.05) is 0 Å². The minimum absolute atomic E-state index is 0.0875. The number of hydrogen-bond donors (Lipinski definition) is 3. The van der Waals surface area contributed by atoms with Gasteiger partial charge < -0.3 is 15.7 Å². The number of aliphatic carboxylic acids is 1. The molecule has 5 nitrogen and oxygen atoms in total. The molecule has 0 aliphatic heterocycles. The fraction of sp³-hybridized carbons (Fsp3) is 0.714. The van der Waals surface area contributed by atoms with Crippen LogP contribution in [0.4, 0.5) is 4.79 Å². The summed E-state index contributed by atoms with van der Waals surface area (Å²) in [7, 11) is 0. The quantitative estimate of drug-likeness (QED) is 0.644. The smallest absolute Gasteiger partial charge is 0.315 e. The van der Waals surface area contributed by atoms with Gasteiger partial charge in [0.15, 0.2) is 0 Å². The van der Waals surface area contributed by atoms with Crippen molar-refractivity contribution in [3.8, 4) is 12.3 Å². The second kappa shape index (κ2) is 7.67. The molecule has 0 aliphatic rings. The first-order valence-corrected chi connectivity index (χ1v) is 6.43. The predicted octanol–water partition coefficient (Wildman–Crippen LogP) is 1.98. The molecule has 2 unspecified atom stereocenters. The molecular formula is C14H24N2O3. The summed E-state index contributed by atoms with van der Waals surface area (Å²) in [4.78, 5) is 22.7. The van der Waals surface area contributed by atoms with Crippen LogP contribution < -0.4 is 10.6 Å². The topological polar surface area (TPSA) is 78.4 Å². The van der Waals surface area contributed by atoms with Crippen LogP contribution in [-0.4, -0.2) is 29.2 Å². The average molecular weight is 268 g/mol. The number of terminal acetylenes is 1. The molecule has 0 aromatic heterocycles. The van der Waals surface area contributed by atoms with E-state index in [1.54, 1.807) is 0 Å². The first-order valence-electron chi connectivity index (χ1n) is 6.43. The number of carbonyl (C=O) groups is 2. The van der Waals surface area contributed by atoms with E-state index < -0.39 is 12.0 Å². The Kier molecular flexibility index (Phi) is 6.99. The lowest BCUT2D eigenvalue weighted by Gasteiger charge is -2.31. The standard InChI is InChI=1S/C14H24N2O3/c1-6-8-10(7-2)15-13(19)16-11(9-12(17)18)14(3,4)5/h1,10-11H,7-9H2,2-5H3,(H,17,18)(H2,15,16,19). The first-order chi connectivity index (χ1) is 8.70. The summed E-state index contributed by atoms with van der Waals surface area (Å²) < 4.78 is 0. The molecule has 0 aromatic carbocycles. The first kappa shape index (κ1) is 17.3. The summed E-state index contributed by atoms with van der Waals surface area (Å²) in [6.07, 6.45) is 6.30. The summed E-state index contributed by atoms with van der Waals surface area (Å²) in [5, 5.41) is 14.3. The fourth-order valence-corrected chi connectivity index (χ4v) is 1.57. The summed E-state index contributed by atoms with van der Waals surface area (Å²) in [5.41, 5.74) is -0.330. The van der Waals surface area contributed by atoms with Crippen LogP contribution in [0.3, 0.4) is 0 Å². The van der Waals surface area contributed by atoms with Crippen molar-refractivity contribution in [2.45, 2.75) is 59.0 Å². The van der Waals surface area contributed by atoms with E-state index in [-0.39, 0.29) is 23.9 Å². The highest BCUT2D eigenvalue weighted by molar-refractivity contribution is 5.76. The number of hydrogen-bond acceptors (Lipinski definition) is 2. The van der Waals surface area contributed by atoms with Crippen LogP contribution in [0.15, 0.2) is 0 Å². The van der Waals surface area contributed by atoms with E-state index >= 15 is 0 Å². The minimum Gasteiger partial charge on any atom is -0.481 e. The molecule has 0 saturated carbocycles. The molecule has 0 radical (unpaired) electrons. The maximum absolute atomic E-state index is 11.8. The van der Waals surface area contributed by atoms with Gasteiger partial charge in [0.2, 0.25) is 0 Å². The number of amides is 2. The Bertz CT molecular complexity index is 353. The largest absolute Gasteiger partial charge is 0.481 e. The Balaban J connectivity index is 4.55. The third-order valence-corrected chi connectivity index (χ3v) is 2.92. The van der Waals surface area contributed by atoms with Crippen molar-refractivity contribution >= 4 is 12.0 Å². The van der Waals surface area contributed by atoms with Gasteiger partial charge in [0.25, 0.3) is 0 Å². The van der Waals surface area contributed by atoms with Gasteiger partial charge in [-0.2, -0.15) is 0 Å². The van der Waals surface area contributed by atoms with E-state index in [0.29, 0.717) is 6.42 Å². The Labute approximate surface area is 115 Å². The molecule has 2 amide bonds. The number of rotatable bonds is 6. The molecule has 0 saturated heterocycles. The zero-order valence-electron chi connectivity index (χ0n) is 12.1. The van der Waals surface area contributed by atoms with E-state index in [2.05, 4.69) is 16.6 Å². The fourth-order valence-electron chi connectivity index (χ4n) is 1.57. The van der Waals surface area contributed by atoms with Crippen LogP contribution in [0.1, 0.15) is 47.0 Å². The number of carboxylic acid groups (broad SMARTS) is 1. The molecule has 0 aliphatic carbocycles. The molecule has 0 fully saturated rings. The van der Waals surface area contributed by atoms with Gasteiger partial charge in [-0.25, -0.2) is 4.79 Å². The SMILES string of the molecule is C#CCC(CC)NC(=O)NC(CC(=O)O)C(C)(C)C. The molecular weight excluding hydrogens is 244 g/mol. The van der Waals surface area contributed by atoms with Crippen LogP contribution in [-0.2, 0) is 4.79 Å². The van der Waals surface area contributed by atoms with Gasteiger partial charge in [0, 0.05) is 18.5 Å². The lowest BCUT2D eigenvalue weighted by atomic mass is 9.85. The molecule has 0 bridgehead atoms. The van der Waals surface area contributed by atoms with Gasteiger partial charge in [-0.05, 0) is 11.8 Å². The molecule has 3 N–H and O–H groups in total. The summed E-state index contributed by atoms with van der Waals surface area (Å²) >= 11 is 0. The van der Waals surface area contributed by atoms with E-state index in [0.717, 1.165) is 6.42 Å². The Morgan fingerprint density at radius 1 is 1.32 bits per heavy atom. The van der Waals surface area contributed by atoms with Crippen molar-refractivity contribution in [1.82, 2.24) is 10.6 Å². The molecule has 108 valence electrons. The Morgan fingerprint density at radius 2 is 1.89 bits per heavy atom. The van der Waals surface area contributed by atoms with Crippen LogP contribution >= 0.6 is 0 Å². The minimum atomic E-state index is -0.934. The maximum Gasteiger partial charge on any atom is 0.315 e. The Morgan fingerprint density at radius 3 is 2.26 bits per heavy atom. The van der Waals surface area contributed by atoms with Crippen LogP contribution in [0.2, 0.25) is 0 Å². The second-order valence-corrected chi connectivity index (χ2v) is 5.65. The third kappa shape index (κ3) is 7.35.